The van der Waals surface area contributed by atoms with Crippen LogP contribution in [0.5, 0.6) is 0 Å². The molecule has 2 aromatic carbocycles. The van der Waals surface area contributed by atoms with E-state index in [1.165, 1.54) is 11.3 Å². The Morgan fingerprint density at radius 1 is 1.17 bits per heavy atom. The van der Waals surface area contributed by atoms with E-state index in [0.29, 0.717) is 24.4 Å². The normalized spacial score (nSPS) is 18.2. The zero-order valence-corrected chi connectivity index (χ0v) is 16.7. The highest BCUT2D eigenvalue weighted by atomic mass is 16.5. The van der Waals surface area contributed by atoms with E-state index >= 15 is 0 Å². The van der Waals surface area contributed by atoms with Gasteiger partial charge in [-0.1, -0.05) is 18.2 Å². The number of aryl methyl sites for hydroxylation is 1. The first-order valence-corrected chi connectivity index (χ1v) is 10.2. The minimum absolute atomic E-state index is 0.154. The summed E-state index contributed by atoms with van der Waals surface area (Å²) in [5.41, 5.74) is 4.84. The van der Waals surface area contributed by atoms with Gasteiger partial charge < -0.3 is 20.3 Å². The molecule has 6 heteroatoms. The van der Waals surface area contributed by atoms with Crippen LogP contribution in [-0.4, -0.2) is 38.1 Å². The van der Waals surface area contributed by atoms with Crippen LogP contribution >= 0.6 is 0 Å². The van der Waals surface area contributed by atoms with E-state index in [9.17, 15) is 9.59 Å². The van der Waals surface area contributed by atoms with Gasteiger partial charge in [-0.25, -0.2) is 0 Å². The third kappa shape index (κ3) is 4.59. The maximum absolute atomic E-state index is 12.6. The summed E-state index contributed by atoms with van der Waals surface area (Å²) in [5.74, 6) is -0.313. The minimum atomic E-state index is -0.393. The van der Waals surface area contributed by atoms with Gasteiger partial charge in [0.25, 0.3) is 11.8 Å². The first-order chi connectivity index (χ1) is 14.1. The van der Waals surface area contributed by atoms with Gasteiger partial charge in [0.15, 0.2) is 0 Å². The highest BCUT2D eigenvalue weighted by molar-refractivity contribution is 5.98. The van der Waals surface area contributed by atoms with Crippen molar-refractivity contribution >= 4 is 23.2 Å². The lowest BCUT2D eigenvalue weighted by Gasteiger charge is -2.27. The van der Waals surface area contributed by atoms with Crippen molar-refractivity contribution in [2.24, 2.45) is 0 Å². The Labute approximate surface area is 171 Å². The second kappa shape index (κ2) is 8.66. The smallest absolute Gasteiger partial charge is 0.253 e. The molecule has 1 saturated heterocycles. The molecule has 0 radical (unpaired) electrons. The first-order valence-electron chi connectivity index (χ1n) is 10.2. The molecule has 152 valence electrons. The van der Waals surface area contributed by atoms with Gasteiger partial charge in [-0.3, -0.25) is 9.59 Å². The predicted octanol–water partition coefficient (Wildman–Crippen LogP) is 3.12. The number of carbonyl (C=O) groups excluding carboxylic acids is 2. The van der Waals surface area contributed by atoms with Crippen molar-refractivity contribution in [2.45, 2.75) is 38.3 Å². The summed E-state index contributed by atoms with van der Waals surface area (Å²) in [4.78, 5) is 27.1. The van der Waals surface area contributed by atoms with Crippen LogP contribution in [0.2, 0.25) is 0 Å². The lowest BCUT2D eigenvalue weighted by atomic mass is 9.99. The van der Waals surface area contributed by atoms with Crippen LogP contribution in [0.1, 0.15) is 40.7 Å². The van der Waals surface area contributed by atoms with Crippen LogP contribution in [0.15, 0.2) is 42.5 Å². The Bertz CT molecular complexity index is 906. The second-order valence-electron chi connectivity index (χ2n) is 7.74. The predicted molar refractivity (Wildman–Crippen MR) is 113 cm³/mol. The molecular weight excluding hydrogens is 366 g/mol. The van der Waals surface area contributed by atoms with E-state index in [1.54, 1.807) is 24.3 Å². The molecule has 1 unspecified atom stereocenters. The number of rotatable bonds is 5. The summed E-state index contributed by atoms with van der Waals surface area (Å²) in [6.07, 6.45) is 3.48. The molecule has 29 heavy (non-hydrogen) atoms. The fourth-order valence-electron chi connectivity index (χ4n) is 3.98. The van der Waals surface area contributed by atoms with Crippen molar-refractivity contribution in [2.75, 3.05) is 30.4 Å². The standard InChI is InChI=1S/C23H27N3O3/c1-26-11-3-6-17-13-16(9-10-20(17)26)15-24-22(27)18-5-2-7-19(14-18)25-23(28)21-8-4-12-29-21/h2,5,7,9-10,13-14,21H,3-4,6,8,11-12,15H2,1H3,(H,24,27)(H,25,28). The average Bonchev–Trinajstić information content (AvgIpc) is 3.27. The molecule has 6 nitrogen and oxygen atoms in total. The van der Waals surface area contributed by atoms with Gasteiger partial charge in [-0.05, 0) is 61.1 Å². The Hall–Kier alpha value is -2.86. The molecular formula is C23H27N3O3. The fourth-order valence-corrected chi connectivity index (χ4v) is 3.98. The minimum Gasteiger partial charge on any atom is -0.374 e. The third-order valence-electron chi connectivity index (χ3n) is 5.56. The zero-order valence-electron chi connectivity index (χ0n) is 16.7. The van der Waals surface area contributed by atoms with Gasteiger partial charge in [-0.2, -0.15) is 0 Å². The van der Waals surface area contributed by atoms with Crippen molar-refractivity contribution in [1.82, 2.24) is 5.32 Å². The van der Waals surface area contributed by atoms with E-state index in [4.69, 9.17) is 4.74 Å². The molecule has 2 aromatic rings. The summed E-state index contributed by atoms with van der Waals surface area (Å²) < 4.78 is 5.40. The summed E-state index contributed by atoms with van der Waals surface area (Å²) in [5, 5.41) is 5.82. The number of anilines is 2. The Morgan fingerprint density at radius 2 is 2.07 bits per heavy atom. The lowest BCUT2D eigenvalue weighted by Crippen LogP contribution is -2.27. The molecule has 2 aliphatic heterocycles. The van der Waals surface area contributed by atoms with Crippen molar-refractivity contribution in [1.29, 1.82) is 0 Å². The van der Waals surface area contributed by atoms with E-state index in [-0.39, 0.29) is 11.8 Å². The van der Waals surface area contributed by atoms with Crippen molar-refractivity contribution in [3.8, 4) is 0 Å². The largest absolute Gasteiger partial charge is 0.374 e. The van der Waals surface area contributed by atoms with E-state index < -0.39 is 6.10 Å². The molecule has 2 heterocycles. The molecule has 1 fully saturated rings. The number of hydrogen-bond acceptors (Lipinski definition) is 4. The number of benzene rings is 2. The highest BCUT2D eigenvalue weighted by Gasteiger charge is 2.23. The first kappa shape index (κ1) is 19.5. The van der Waals surface area contributed by atoms with Crippen LogP contribution in [0.3, 0.4) is 0 Å². The Kier molecular flexibility index (Phi) is 5.81. The van der Waals surface area contributed by atoms with Crippen LogP contribution in [0.4, 0.5) is 11.4 Å². The Balaban J connectivity index is 1.37. The van der Waals surface area contributed by atoms with Gasteiger partial charge in [-0.15, -0.1) is 0 Å². The molecule has 2 amide bonds. The summed E-state index contributed by atoms with van der Waals surface area (Å²) >= 11 is 0. The van der Waals surface area contributed by atoms with Gasteiger partial charge in [0, 0.05) is 43.7 Å². The monoisotopic (exact) mass is 393 g/mol. The highest BCUT2D eigenvalue weighted by Crippen LogP contribution is 2.26. The van der Waals surface area contributed by atoms with Crippen LogP contribution < -0.4 is 15.5 Å². The van der Waals surface area contributed by atoms with Crippen LogP contribution in [0, 0.1) is 0 Å². The maximum Gasteiger partial charge on any atom is 0.253 e. The Morgan fingerprint density at radius 3 is 2.90 bits per heavy atom. The number of carbonyl (C=O) groups is 2. The van der Waals surface area contributed by atoms with E-state index in [0.717, 1.165) is 37.8 Å². The van der Waals surface area contributed by atoms with Gasteiger partial charge in [0.2, 0.25) is 0 Å². The van der Waals surface area contributed by atoms with Gasteiger partial charge in [0.05, 0.1) is 0 Å². The van der Waals surface area contributed by atoms with Crippen molar-refractivity contribution in [3.63, 3.8) is 0 Å². The quantitative estimate of drug-likeness (QED) is 0.819. The lowest BCUT2D eigenvalue weighted by molar-refractivity contribution is -0.124. The summed E-state index contributed by atoms with van der Waals surface area (Å²) in [7, 11) is 2.12. The van der Waals surface area contributed by atoms with Crippen molar-refractivity contribution in [3.05, 3.63) is 59.2 Å². The van der Waals surface area contributed by atoms with Crippen LogP contribution in [-0.2, 0) is 22.5 Å². The topological polar surface area (TPSA) is 70.7 Å². The van der Waals surface area contributed by atoms with E-state index in [1.807, 2.05) is 0 Å². The summed E-state index contributed by atoms with van der Waals surface area (Å²) in [6, 6.07) is 13.4. The second-order valence-corrected chi connectivity index (χ2v) is 7.74. The molecule has 0 aliphatic carbocycles. The van der Waals surface area contributed by atoms with Crippen molar-refractivity contribution < 1.29 is 14.3 Å². The molecule has 0 saturated carbocycles. The number of ether oxygens (including phenoxy) is 1. The molecule has 0 spiro atoms. The number of amides is 2. The summed E-state index contributed by atoms with van der Waals surface area (Å²) in [6.45, 7) is 2.19. The van der Waals surface area contributed by atoms with E-state index in [2.05, 4.69) is 40.8 Å². The number of nitrogens with zero attached hydrogens (tertiary/aromatic N) is 1. The molecule has 2 aliphatic rings. The number of nitrogens with one attached hydrogen (secondary N) is 2. The molecule has 1 atom stereocenters. The van der Waals surface area contributed by atoms with Gasteiger partial charge in [0.1, 0.15) is 6.10 Å². The SMILES string of the molecule is CN1CCCc2cc(CNC(=O)c3cccc(NC(=O)C4CCCO4)c3)ccc21. The number of hydrogen-bond donors (Lipinski definition) is 2. The van der Waals surface area contributed by atoms with Gasteiger partial charge >= 0.3 is 0 Å². The molecule has 0 aromatic heterocycles. The van der Waals surface area contributed by atoms with Crippen LogP contribution in [0.25, 0.3) is 0 Å². The zero-order chi connectivity index (χ0) is 20.2. The number of fused-ring (bicyclic) bond motifs is 1. The molecule has 0 bridgehead atoms. The average molecular weight is 393 g/mol. The molecule has 2 N–H and O–H groups in total. The third-order valence-corrected chi connectivity index (χ3v) is 5.56. The molecule has 4 rings (SSSR count). The fraction of sp³-hybridized carbons (Fsp3) is 0.391. The maximum atomic E-state index is 12.6.